The van der Waals surface area contributed by atoms with Gasteiger partial charge in [-0.1, -0.05) is 11.8 Å². The van der Waals surface area contributed by atoms with Crippen LogP contribution in [0.15, 0.2) is 42.6 Å². The predicted molar refractivity (Wildman–Crippen MR) is 91.0 cm³/mol. The second-order valence-corrected chi connectivity index (χ2v) is 5.55. The third-order valence-corrected chi connectivity index (χ3v) is 3.92. The molecule has 0 aliphatic rings. The third-order valence-electron chi connectivity index (χ3n) is 2.93. The molecule has 0 aliphatic carbocycles. The van der Waals surface area contributed by atoms with Gasteiger partial charge in [0.05, 0.1) is 10.2 Å². The van der Waals surface area contributed by atoms with Crippen LogP contribution in [0.3, 0.4) is 0 Å². The van der Waals surface area contributed by atoms with Crippen LogP contribution >= 0.6 is 11.3 Å². The predicted octanol–water partition coefficient (Wildman–Crippen LogP) is 3.50. The van der Waals surface area contributed by atoms with Crippen LogP contribution in [-0.2, 0) is 0 Å². The fourth-order valence-corrected chi connectivity index (χ4v) is 2.76. The van der Waals surface area contributed by atoms with Gasteiger partial charge in [0.1, 0.15) is 16.6 Å². The van der Waals surface area contributed by atoms with Crippen molar-refractivity contribution in [1.82, 2.24) is 9.97 Å². The Balaban J connectivity index is 1.74. The van der Waals surface area contributed by atoms with Crippen molar-refractivity contribution in [1.29, 1.82) is 0 Å². The minimum Gasteiger partial charge on any atom is -0.508 e. The van der Waals surface area contributed by atoms with Gasteiger partial charge in [-0.2, -0.15) is 0 Å². The Morgan fingerprint density at radius 3 is 2.95 bits per heavy atom. The number of nitrogens with one attached hydrogen (secondary N) is 1. The molecule has 0 aliphatic heterocycles. The number of allylic oxidation sites excluding steroid dienone is 1. The normalized spacial score (nSPS) is 10.6. The minimum atomic E-state index is 0.254. The highest BCUT2D eigenvalue weighted by atomic mass is 32.1. The van der Waals surface area contributed by atoms with Gasteiger partial charge in [-0.15, -0.1) is 11.3 Å². The van der Waals surface area contributed by atoms with Crippen molar-refractivity contribution in [3.05, 3.63) is 53.2 Å². The SMILES string of the molecule is [11CH3]Nc1ccc(C#C/C=C/c2nc3ccc(O)cc3s2)cn1. The molecule has 1 aromatic carbocycles. The Hall–Kier alpha value is -2.84. The Bertz CT molecular complexity index is 886. The molecule has 0 amide bonds. The van der Waals surface area contributed by atoms with Gasteiger partial charge < -0.3 is 10.4 Å². The summed E-state index contributed by atoms with van der Waals surface area (Å²) in [4.78, 5) is 8.65. The first-order valence-corrected chi connectivity index (χ1v) is 7.48. The average Bonchev–Trinajstić information content (AvgIpc) is 2.94. The van der Waals surface area contributed by atoms with Crippen LogP contribution in [0.4, 0.5) is 5.82 Å². The van der Waals surface area contributed by atoms with Crippen molar-refractivity contribution < 1.29 is 5.11 Å². The molecule has 0 atom stereocenters. The standard InChI is InChI=1S/C17H13N3OS/c1-18-16-9-6-12(11-19-16)4-2-3-5-17-20-14-8-7-13(21)10-15(14)22-17/h3,5-11,21H,1H3,(H,18,19)/b5-3+/i1-1. The molecule has 2 N–H and O–H groups in total. The monoisotopic (exact) mass is 306 g/mol. The summed E-state index contributed by atoms with van der Waals surface area (Å²) in [7, 11) is 1.83. The van der Waals surface area contributed by atoms with Gasteiger partial charge in [0.2, 0.25) is 0 Å². The van der Waals surface area contributed by atoms with Gasteiger partial charge in [-0.25, -0.2) is 9.97 Å². The first-order chi connectivity index (χ1) is 10.7. The summed E-state index contributed by atoms with van der Waals surface area (Å²) >= 11 is 1.52. The number of fused-ring (bicyclic) bond motifs is 1. The van der Waals surface area contributed by atoms with Crippen molar-refractivity contribution in [3.8, 4) is 17.6 Å². The van der Waals surface area contributed by atoms with Crippen LogP contribution in [0.2, 0.25) is 0 Å². The van der Waals surface area contributed by atoms with E-state index >= 15 is 0 Å². The topological polar surface area (TPSA) is 58.0 Å². The number of phenols is 1. The number of rotatable bonds is 2. The number of thiazole rings is 1. The first-order valence-electron chi connectivity index (χ1n) is 6.66. The summed E-state index contributed by atoms with van der Waals surface area (Å²) in [6.07, 6.45) is 5.36. The number of nitrogens with zero attached hydrogens (tertiary/aromatic N) is 2. The zero-order valence-corrected chi connectivity index (χ0v) is 12.7. The van der Waals surface area contributed by atoms with Gasteiger partial charge >= 0.3 is 0 Å². The Morgan fingerprint density at radius 1 is 1.27 bits per heavy atom. The molecule has 4 nitrogen and oxygen atoms in total. The third kappa shape index (κ3) is 3.25. The van der Waals surface area contributed by atoms with E-state index in [1.54, 1.807) is 30.5 Å². The van der Waals surface area contributed by atoms with E-state index in [4.69, 9.17) is 0 Å². The van der Waals surface area contributed by atoms with Crippen LogP contribution in [0.1, 0.15) is 10.6 Å². The maximum absolute atomic E-state index is 9.45. The van der Waals surface area contributed by atoms with E-state index in [9.17, 15) is 5.11 Å². The highest BCUT2D eigenvalue weighted by Gasteiger charge is 2.01. The van der Waals surface area contributed by atoms with Crippen LogP contribution in [-0.4, -0.2) is 22.1 Å². The summed E-state index contributed by atoms with van der Waals surface area (Å²) in [5.41, 5.74) is 1.74. The molecule has 3 aromatic rings. The summed E-state index contributed by atoms with van der Waals surface area (Å²) in [5.74, 6) is 7.06. The molecular weight excluding hydrogens is 293 g/mol. The van der Waals surface area contributed by atoms with Crippen LogP contribution < -0.4 is 5.32 Å². The summed E-state index contributed by atoms with van der Waals surface area (Å²) in [6.45, 7) is 0. The fourth-order valence-electron chi connectivity index (χ4n) is 1.86. The number of hydrogen-bond acceptors (Lipinski definition) is 5. The van der Waals surface area contributed by atoms with Crippen molar-refractivity contribution in [2.24, 2.45) is 0 Å². The Labute approximate surface area is 132 Å². The molecule has 2 aromatic heterocycles. The van der Waals surface area contributed by atoms with Crippen LogP contribution in [0, 0.1) is 11.8 Å². The molecule has 5 heteroatoms. The molecule has 0 spiro atoms. The molecule has 3 rings (SSSR count). The zero-order valence-electron chi connectivity index (χ0n) is 11.9. The van der Waals surface area contributed by atoms with Gasteiger partial charge in [0.25, 0.3) is 0 Å². The quantitative estimate of drug-likeness (QED) is 0.711. The van der Waals surface area contributed by atoms with E-state index in [0.717, 1.165) is 26.6 Å². The van der Waals surface area contributed by atoms with E-state index in [1.165, 1.54) is 11.3 Å². The number of aromatic hydroxyl groups is 1. The number of anilines is 1. The number of aromatic nitrogens is 2. The number of phenolic OH excluding ortho intramolecular Hbond substituents is 1. The fraction of sp³-hybridized carbons (Fsp3) is 0.0588. The lowest BCUT2D eigenvalue weighted by atomic mass is 10.3. The van der Waals surface area contributed by atoms with Crippen molar-refractivity contribution in [2.75, 3.05) is 12.4 Å². The molecule has 108 valence electrons. The smallest absolute Gasteiger partial charge is 0.125 e. The molecule has 0 radical (unpaired) electrons. The van der Waals surface area contributed by atoms with E-state index in [2.05, 4.69) is 27.1 Å². The van der Waals surface area contributed by atoms with Crippen LogP contribution in [0.5, 0.6) is 5.75 Å². The van der Waals surface area contributed by atoms with Gasteiger partial charge in [-0.05, 0) is 42.5 Å². The summed E-state index contributed by atoms with van der Waals surface area (Å²) in [5, 5.41) is 13.3. The summed E-state index contributed by atoms with van der Waals surface area (Å²) in [6, 6.07) is 8.95. The van der Waals surface area contributed by atoms with Gasteiger partial charge in [0, 0.05) is 18.8 Å². The van der Waals surface area contributed by atoms with E-state index in [-0.39, 0.29) is 5.75 Å². The lowest BCUT2D eigenvalue weighted by molar-refractivity contribution is 0.476. The van der Waals surface area contributed by atoms with Crippen LogP contribution in [0.25, 0.3) is 16.3 Å². The molecular formula is C17H13N3OS. The Morgan fingerprint density at radius 2 is 2.18 bits per heavy atom. The molecule has 0 unspecified atom stereocenters. The highest BCUT2D eigenvalue weighted by Crippen LogP contribution is 2.26. The summed E-state index contributed by atoms with van der Waals surface area (Å²) < 4.78 is 0.958. The second kappa shape index (κ2) is 6.29. The Kier molecular flexibility index (Phi) is 4.03. The maximum atomic E-state index is 9.45. The number of hydrogen-bond donors (Lipinski definition) is 2. The average molecular weight is 306 g/mol. The second-order valence-electron chi connectivity index (χ2n) is 4.49. The molecule has 2 heterocycles. The molecule has 22 heavy (non-hydrogen) atoms. The largest absolute Gasteiger partial charge is 0.508 e. The highest BCUT2D eigenvalue weighted by molar-refractivity contribution is 7.19. The maximum Gasteiger partial charge on any atom is 0.125 e. The zero-order chi connectivity index (χ0) is 15.4. The first kappa shape index (κ1) is 14.1. The van der Waals surface area contributed by atoms with Crippen molar-refractivity contribution in [3.63, 3.8) is 0 Å². The van der Waals surface area contributed by atoms with Crippen molar-refractivity contribution >= 4 is 33.4 Å². The molecule has 0 saturated carbocycles. The lowest BCUT2D eigenvalue weighted by Crippen LogP contribution is -1.90. The molecule has 0 fully saturated rings. The number of benzene rings is 1. The van der Waals surface area contributed by atoms with Gasteiger partial charge in [0.15, 0.2) is 0 Å². The van der Waals surface area contributed by atoms with Gasteiger partial charge in [-0.3, -0.25) is 0 Å². The van der Waals surface area contributed by atoms with E-state index in [0.29, 0.717) is 0 Å². The molecule has 0 bridgehead atoms. The number of pyridine rings is 1. The van der Waals surface area contributed by atoms with E-state index in [1.807, 2.05) is 25.3 Å². The molecule has 0 saturated heterocycles. The van der Waals surface area contributed by atoms with E-state index < -0.39 is 0 Å². The minimum absolute atomic E-state index is 0.254. The van der Waals surface area contributed by atoms with Crippen molar-refractivity contribution in [2.45, 2.75) is 0 Å². The lowest BCUT2D eigenvalue weighted by Gasteiger charge is -1.96.